The van der Waals surface area contributed by atoms with Gasteiger partial charge in [0.05, 0.1) is 5.02 Å². The number of hydrogen-bond donors (Lipinski definition) is 1. The number of halogens is 4. The van der Waals surface area contributed by atoms with Crippen molar-refractivity contribution < 1.29 is 0 Å². The van der Waals surface area contributed by atoms with E-state index in [0.717, 1.165) is 25.2 Å². The lowest BCUT2D eigenvalue weighted by Gasteiger charge is -2.09. The van der Waals surface area contributed by atoms with Gasteiger partial charge in [-0.25, -0.2) is 0 Å². The number of nitrogens with one attached hydrogen (secondary N) is 1. The van der Waals surface area contributed by atoms with E-state index in [4.69, 9.17) is 23.2 Å². The minimum absolute atomic E-state index is 0.649. The molecule has 5 heteroatoms. The van der Waals surface area contributed by atoms with E-state index in [1.54, 1.807) is 0 Å². The van der Waals surface area contributed by atoms with E-state index >= 15 is 0 Å². The van der Waals surface area contributed by atoms with Gasteiger partial charge in [0.1, 0.15) is 0 Å². The van der Waals surface area contributed by atoms with E-state index in [-0.39, 0.29) is 0 Å². The second-order valence-electron chi connectivity index (χ2n) is 3.72. The molecule has 0 aliphatic carbocycles. The van der Waals surface area contributed by atoms with Gasteiger partial charge in [-0.15, -0.1) is 0 Å². The van der Waals surface area contributed by atoms with Gasteiger partial charge in [-0.05, 0) is 57.9 Å². The molecule has 0 aromatic heterocycles. The van der Waals surface area contributed by atoms with Gasteiger partial charge >= 0.3 is 0 Å². The summed E-state index contributed by atoms with van der Waals surface area (Å²) >= 11 is 18.9. The van der Waals surface area contributed by atoms with Gasteiger partial charge < -0.3 is 5.32 Å². The molecule has 0 aliphatic heterocycles. The minimum Gasteiger partial charge on any atom is -0.381 e. The van der Waals surface area contributed by atoms with Crippen LogP contribution in [0.4, 0.5) is 5.69 Å². The molecule has 0 unspecified atom stereocenters. The summed E-state index contributed by atoms with van der Waals surface area (Å²) in [7, 11) is 0. The molecule has 94 valence electrons. The maximum atomic E-state index is 6.12. The third kappa shape index (κ3) is 3.64. The average Bonchev–Trinajstić information content (AvgIpc) is 2.34. The summed E-state index contributed by atoms with van der Waals surface area (Å²) in [5, 5.41) is 4.71. The SMILES string of the molecule is Clc1cc(NCc2cc(Br)ccc2Cl)ccc1Br. The van der Waals surface area contributed by atoms with Gasteiger partial charge in [0, 0.05) is 26.2 Å². The van der Waals surface area contributed by atoms with E-state index in [2.05, 4.69) is 37.2 Å². The molecule has 0 bridgehead atoms. The van der Waals surface area contributed by atoms with Gasteiger partial charge in [0.2, 0.25) is 0 Å². The van der Waals surface area contributed by atoms with Crippen molar-refractivity contribution in [2.24, 2.45) is 0 Å². The molecule has 2 rings (SSSR count). The molecule has 0 radical (unpaired) electrons. The molecule has 18 heavy (non-hydrogen) atoms. The molecule has 0 fully saturated rings. The van der Waals surface area contributed by atoms with Crippen molar-refractivity contribution >= 4 is 60.7 Å². The topological polar surface area (TPSA) is 12.0 Å². The third-order valence-corrected chi connectivity index (χ3v) is 4.50. The molecule has 0 saturated heterocycles. The summed E-state index contributed by atoms with van der Waals surface area (Å²) in [6, 6.07) is 11.5. The van der Waals surface area contributed by atoms with Gasteiger partial charge in [-0.3, -0.25) is 0 Å². The molecular weight excluding hydrogens is 401 g/mol. The van der Waals surface area contributed by atoms with Crippen LogP contribution in [0.5, 0.6) is 0 Å². The monoisotopic (exact) mass is 407 g/mol. The standard InChI is InChI=1S/C13H9Br2Cl2N/c14-9-1-4-12(16)8(5-9)7-18-10-2-3-11(15)13(17)6-10/h1-6,18H,7H2. The predicted molar refractivity (Wildman–Crippen MR) is 85.6 cm³/mol. The normalized spacial score (nSPS) is 10.4. The van der Waals surface area contributed by atoms with Gasteiger partial charge in [-0.1, -0.05) is 39.1 Å². The molecule has 0 heterocycles. The lowest BCUT2D eigenvalue weighted by atomic mass is 10.2. The first-order chi connectivity index (χ1) is 8.56. The fourth-order valence-electron chi connectivity index (χ4n) is 1.48. The van der Waals surface area contributed by atoms with Crippen molar-refractivity contribution in [1.82, 2.24) is 0 Å². The van der Waals surface area contributed by atoms with Crippen LogP contribution in [-0.4, -0.2) is 0 Å². The molecule has 0 saturated carbocycles. The molecule has 0 atom stereocenters. The first kappa shape index (κ1) is 14.2. The second kappa shape index (κ2) is 6.29. The zero-order valence-electron chi connectivity index (χ0n) is 9.18. The second-order valence-corrected chi connectivity index (χ2v) is 6.30. The van der Waals surface area contributed by atoms with Crippen LogP contribution in [0.2, 0.25) is 10.0 Å². The van der Waals surface area contributed by atoms with Crippen LogP contribution in [0.25, 0.3) is 0 Å². The zero-order valence-corrected chi connectivity index (χ0v) is 13.9. The molecule has 0 aliphatic rings. The first-order valence-corrected chi connectivity index (χ1v) is 7.53. The first-order valence-electron chi connectivity index (χ1n) is 5.19. The van der Waals surface area contributed by atoms with E-state index in [1.165, 1.54) is 0 Å². The van der Waals surface area contributed by atoms with Crippen molar-refractivity contribution in [3.8, 4) is 0 Å². The van der Waals surface area contributed by atoms with Crippen LogP contribution in [-0.2, 0) is 6.54 Å². The van der Waals surface area contributed by atoms with Crippen molar-refractivity contribution in [3.63, 3.8) is 0 Å². The summed E-state index contributed by atoms with van der Waals surface area (Å²) in [5.74, 6) is 0. The molecule has 1 nitrogen and oxygen atoms in total. The highest BCUT2D eigenvalue weighted by atomic mass is 79.9. The molecular formula is C13H9Br2Cl2N. The number of anilines is 1. The van der Waals surface area contributed by atoms with Crippen molar-refractivity contribution in [3.05, 3.63) is 61.0 Å². The van der Waals surface area contributed by atoms with E-state index in [0.29, 0.717) is 11.6 Å². The highest BCUT2D eigenvalue weighted by molar-refractivity contribution is 9.10. The summed E-state index contributed by atoms with van der Waals surface area (Å²) in [5.41, 5.74) is 1.99. The smallest absolute Gasteiger partial charge is 0.0568 e. The molecule has 0 amide bonds. The quantitative estimate of drug-likeness (QED) is 0.642. The Labute approximate surface area is 133 Å². The Morgan fingerprint density at radius 1 is 0.944 bits per heavy atom. The van der Waals surface area contributed by atoms with Crippen molar-refractivity contribution in [2.45, 2.75) is 6.54 Å². The number of benzene rings is 2. The van der Waals surface area contributed by atoms with Gasteiger partial charge in [-0.2, -0.15) is 0 Å². The van der Waals surface area contributed by atoms with Crippen LogP contribution >= 0.6 is 55.1 Å². The molecule has 1 N–H and O–H groups in total. The van der Waals surface area contributed by atoms with Gasteiger partial charge in [0.15, 0.2) is 0 Å². The highest BCUT2D eigenvalue weighted by Gasteiger charge is 2.03. The predicted octanol–water partition coefficient (Wildman–Crippen LogP) is 6.13. The Morgan fingerprint density at radius 3 is 2.44 bits per heavy atom. The number of hydrogen-bond acceptors (Lipinski definition) is 1. The largest absolute Gasteiger partial charge is 0.381 e. The Morgan fingerprint density at radius 2 is 1.72 bits per heavy atom. The Kier molecular flexibility index (Phi) is 4.96. The van der Waals surface area contributed by atoms with Gasteiger partial charge in [0.25, 0.3) is 0 Å². The fourth-order valence-corrected chi connectivity index (χ4v) is 2.50. The zero-order chi connectivity index (χ0) is 13.1. The number of rotatable bonds is 3. The average molecular weight is 410 g/mol. The molecule has 2 aromatic carbocycles. The molecule has 0 spiro atoms. The lowest BCUT2D eigenvalue weighted by Crippen LogP contribution is -2.00. The van der Waals surface area contributed by atoms with Crippen molar-refractivity contribution in [2.75, 3.05) is 5.32 Å². The van der Waals surface area contributed by atoms with E-state index in [1.807, 2.05) is 36.4 Å². The molecule has 2 aromatic rings. The summed E-state index contributed by atoms with van der Waals surface area (Å²) < 4.78 is 1.90. The van der Waals surface area contributed by atoms with E-state index < -0.39 is 0 Å². The van der Waals surface area contributed by atoms with Crippen LogP contribution < -0.4 is 5.32 Å². The summed E-state index contributed by atoms with van der Waals surface area (Å²) in [6.45, 7) is 0.649. The maximum Gasteiger partial charge on any atom is 0.0568 e. The third-order valence-electron chi connectivity index (χ3n) is 2.41. The van der Waals surface area contributed by atoms with Crippen molar-refractivity contribution in [1.29, 1.82) is 0 Å². The summed E-state index contributed by atoms with van der Waals surface area (Å²) in [6.07, 6.45) is 0. The fraction of sp³-hybridized carbons (Fsp3) is 0.0769. The lowest BCUT2D eigenvalue weighted by molar-refractivity contribution is 1.15. The van der Waals surface area contributed by atoms with Crippen LogP contribution in [0.3, 0.4) is 0 Å². The minimum atomic E-state index is 0.649. The van der Waals surface area contributed by atoms with Crippen LogP contribution in [0, 0.1) is 0 Å². The Balaban J connectivity index is 2.11. The maximum absolute atomic E-state index is 6.12. The van der Waals surface area contributed by atoms with E-state index in [9.17, 15) is 0 Å². The highest BCUT2D eigenvalue weighted by Crippen LogP contribution is 2.27. The summed E-state index contributed by atoms with van der Waals surface area (Å²) in [4.78, 5) is 0. The Hall–Kier alpha value is -0.220. The van der Waals surface area contributed by atoms with Crippen LogP contribution in [0.15, 0.2) is 45.3 Å². The Bertz CT molecular complexity index is 573. The van der Waals surface area contributed by atoms with Crippen LogP contribution in [0.1, 0.15) is 5.56 Å².